The first-order valence-electron chi connectivity index (χ1n) is 6.08. The van der Waals surface area contributed by atoms with E-state index in [1.54, 1.807) is 32.4 Å². The quantitative estimate of drug-likeness (QED) is 0.849. The van der Waals surface area contributed by atoms with Gasteiger partial charge in [-0.3, -0.25) is 4.79 Å². The van der Waals surface area contributed by atoms with Crippen molar-refractivity contribution >= 4 is 23.4 Å². The molecule has 0 aromatic heterocycles. The molecule has 0 atom stereocenters. The van der Waals surface area contributed by atoms with Gasteiger partial charge in [-0.2, -0.15) is 0 Å². The molecule has 0 saturated heterocycles. The molecular formula is C15H16N2O2S. The summed E-state index contributed by atoms with van der Waals surface area (Å²) in [5.41, 5.74) is 7.03. The Hall–Kier alpha value is -2.14. The monoisotopic (exact) mass is 288 g/mol. The molecule has 0 spiro atoms. The molecule has 2 aromatic rings. The lowest BCUT2D eigenvalue weighted by Crippen LogP contribution is -2.18. The van der Waals surface area contributed by atoms with Crippen LogP contribution < -0.4 is 15.8 Å². The minimum Gasteiger partial charge on any atom is -0.496 e. The second-order valence-corrected chi connectivity index (χ2v) is 5.17. The fraction of sp³-hybridized carbons (Fsp3) is 0.133. The number of benzene rings is 2. The van der Waals surface area contributed by atoms with Gasteiger partial charge in [-0.25, -0.2) is 0 Å². The Kier molecular flexibility index (Phi) is 4.53. The smallest absolute Gasteiger partial charge is 0.252 e. The van der Waals surface area contributed by atoms with Crippen LogP contribution in [0.15, 0.2) is 52.3 Å². The summed E-state index contributed by atoms with van der Waals surface area (Å²) in [5, 5.41) is 2.63. The molecule has 2 aromatic carbocycles. The predicted molar refractivity (Wildman–Crippen MR) is 81.4 cm³/mol. The molecule has 0 bridgehead atoms. The molecule has 0 heterocycles. The number of para-hydroxylation sites is 1. The van der Waals surface area contributed by atoms with Gasteiger partial charge in [0.1, 0.15) is 5.75 Å². The normalized spacial score (nSPS) is 10.1. The summed E-state index contributed by atoms with van der Waals surface area (Å²) in [7, 11) is 3.23. The maximum atomic E-state index is 11.9. The van der Waals surface area contributed by atoms with Gasteiger partial charge in [0, 0.05) is 17.6 Å². The standard InChI is InChI=1S/C15H16N2O2S/c1-17-15(18)11-8-7-10(16)9-14(11)20-13-6-4-3-5-12(13)19-2/h3-9H,16H2,1-2H3,(H,17,18). The molecule has 1 amide bonds. The van der Waals surface area contributed by atoms with Crippen LogP contribution in [0.25, 0.3) is 0 Å². The van der Waals surface area contributed by atoms with Gasteiger partial charge >= 0.3 is 0 Å². The number of hydrogen-bond acceptors (Lipinski definition) is 4. The molecule has 3 N–H and O–H groups in total. The summed E-state index contributed by atoms with van der Waals surface area (Å²) in [6.45, 7) is 0. The number of methoxy groups -OCH3 is 1. The van der Waals surface area contributed by atoms with E-state index in [1.165, 1.54) is 11.8 Å². The van der Waals surface area contributed by atoms with E-state index < -0.39 is 0 Å². The molecule has 0 fully saturated rings. The highest BCUT2D eigenvalue weighted by Gasteiger charge is 2.13. The number of amides is 1. The Labute approximate surface area is 122 Å². The van der Waals surface area contributed by atoms with E-state index in [9.17, 15) is 4.79 Å². The van der Waals surface area contributed by atoms with Gasteiger partial charge in [0.2, 0.25) is 0 Å². The molecule has 0 saturated carbocycles. The van der Waals surface area contributed by atoms with E-state index in [2.05, 4.69) is 5.32 Å². The van der Waals surface area contributed by atoms with Gasteiger partial charge in [0.25, 0.3) is 5.91 Å². The van der Waals surface area contributed by atoms with Crippen LogP contribution in [0.5, 0.6) is 5.75 Å². The summed E-state index contributed by atoms with van der Waals surface area (Å²) in [6.07, 6.45) is 0. The first-order valence-corrected chi connectivity index (χ1v) is 6.90. The molecule has 0 radical (unpaired) electrons. The van der Waals surface area contributed by atoms with Crippen LogP contribution in [0, 0.1) is 0 Å². The van der Waals surface area contributed by atoms with Gasteiger partial charge in [-0.05, 0) is 30.3 Å². The van der Waals surface area contributed by atoms with Crippen molar-refractivity contribution in [2.75, 3.05) is 19.9 Å². The summed E-state index contributed by atoms with van der Waals surface area (Å²) in [5.74, 6) is 0.630. The topological polar surface area (TPSA) is 64.4 Å². The van der Waals surface area contributed by atoms with E-state index in [1.807, 2.05) is 24.3 Å². The summed E-state index contributed by atoms with van der Waals surface area (Å²) < 4.78 is 5.32. The Morgan fingerprint density at radius 2 is 1.95 bits per heavy atom. The number of carbonyl (C=O) groups is 1. The molecule has 2 rings (SSSR count). The maximum absolute atomic E-state index is 11.9. The van der Waals surface area contributed by atoms with Crippen molar-refractivity contribution in [1.82, 2.24) is 5.32 Å². The van der Waals surface area contributed by atoms with Crippen LogP contribution in [0.2, 0.25) is 0 Å². The van der Waals surface area contributed by atoms with Gasteiger partial charge < -0.3 is 15.8 Å². The Bertz CT molecular complexity index is 629. The number of anilines is 1. The first kappa shape index (κ1) is 14.3. The minimum absolute atomic E-state index is 0.137. The van der Waals surface area contributed by atoms with Crippen LogP contribution in [0.1, 0.15) is 10.4 Å². The lowest BCUT2D eigenvalue weighted by Gasteiger charge is -2.11. The first-order chi connectivity index (χ1) is 9.65. The fourth-order valence-electron chi connectivity index (χ4n) is 1.77. The van der Waals surface area contributed by atoms with Gasteiger partial charge in [-0.15, -0.1) is 0 Å². The lowest BCUT2D eigenvalue weighted by atomic mass is 10.2. The lowest BCUT2D eigenvalue weighted by molar-refractivity contribution is 0.0960. The van der Waals surface area contributed by atoms with Crippen LogP contribution in [-0.2, 0) is 0 Å². The molecule has 0 aliphatic rings. The maximum Gasteiger partial charge on any atom is 0.252 e. The van der Waals surface area contributed by atoms with Crippen LogP contribution in [0.3, 0.4) is 0 Å². The number of nitrogen functional groups attached to an aromatic ring is 1. The van der Waals surface area contributed by atoms with E-state index in [4.69, 9.17) is 10.5 Å². The number of nitrogens with one attached hydrogen (secondary N) is 1. The van der Waals surface area contributed by atoms with Crippen molar-refractivity contribution in [3.8, 4) is 5.75 Å². The third-order valence-corrected chi connectivity index (χ3v) is 3.88. The SMILES string of the molecule is CNC(=O)c1ccc(N)cc1Sc1ccccc1OC. The largest absolute Gasteiger partial charge is 0.496 e. The fourth-order valence-corrected chi connectivity index (χ4v) is 2.87. The van der Waals surface area contributed by atoms with Gasteiger partial charge in [0.15, 0.2) is 0 Å². The number of ether oxygens (including phenoxy) is 1. The van der Waals surface area contributed by atoms with Crippen LogP contribution in [0.4, 0.5) is 5.69 Å². The minimum atomic E-state index is -0.137. The van der Waals surface area contributed by atoms with Gasteiger partial charge in [-0.1, -0.05) is 23.9 Å². The third kappa shape index (κ3) is 3.05. The van der Waals surface area contributed by atoms with Crippen LogP contribution in [-0.4, -0.2) is 20.1 Å². The Balaban J connectivity index is 2.42. The highest BCUT2D eigenvalue weighted by Crippen LogP contribution is 2.37. The zero-order valence-corrected chi connectivity index (χ0v) is 12.2. The zero-order chi connectivity index (χ0) is 14.5. The summed E-state index contributed by atoms with van der Waals surface area (Å²) in [6, 6.07) is 12.9. The summed E-state index contributed by atoms with van der Waals surface area (Å²) >= 11 is 1.46. The predicted octanol–water partition coefficient (Wildman–Crippen LogP) is 2.79. The number of rotatable bonds is 4. The van der Waals surface area contributed by atoms with Gasteiger partial charge in [0.05, 0.1) is 17.6 Å². The molecule has 104 valence electrons. The average molecular weight is 288 g/mol. The molecule has 20 heavy (non-hydrogen) atoms. The molecule has 0 aliphatic heterocycles. The van der Waals surface area contributed by atoms with Crippen LogP contribution >= 0.6 is 11.8 Å². The second-order valence-electron chi connectivity index (χ2n) is 4.09. The van der Waals surface area contributed by atoms with Crippen molar-refractivity contribution < 1.29 is 9.53 Å². The van der Waals surface area contributed by atoms with Crippen molar-refractivity contribution in [3.63, 3.8) is 0 Å². The highest BCUT2D eigenvalue weighted by atomic mass is 32.2. The Morgan fingerprint density at radius 1 is 1.20 bits per heavy atom. The molecule has 0 aliphatic carbocycles. The van der Waals surface area contributed by atoms with Crippen molar-refractivity contribution in [2.24, 2.45) is 0 Å². The Morgan fingerprint density at radius 3 is 2.65 bits per heavy atom. The molecular weight excluding hydrogens is 272 g/mol. The molecule has 4 nitrogen and oxygen atoms in total. The number of carbonyl (C=O) groups excluding carboxylic acids is 1. The zero-order valence-electron chi connectivity index (χ0n) is 11.3. The van der Waals surface area contributed by atoms with E-state index >= 15 is 0 Å². The van der Waals surface area contributed by atoms with E-state index in [0.29, 0.717) is 11.3 Å². The van der Waals surface area contributed by atoms with Crippen molar-refractivity contribution in [2.45, 2.75) is 9.79 Å². The molecule has 0 unspecified atom stereocenters. The number of hydrogen-bond donors (Lipinski definition) is 2. The second kappa shape index (κ2) is 6.34. The van der Waals surface area contributed by atoms with Crippen molar-refractivity contribution in [3.05, 3.63) is 48.0 Å². The van der Waals surface area contributed by atoms with E-state index in [0.717, 1.165) is 15.5 Å². The number of nitrogens with two attached hydrogens (primary N) is 1. The van der Waals surface area contributed by atoms with Crippen molar-refractivity contribution in [1.29, 1.82) is 0 Å². The van der Waals surface area contributed by atoms with E-state index in [-0.39, 0.29) is 5.91 Å². The third-order valence-electron chi connectivity index (χ3n) is 2.77. The highest BCUT2D eigenvalue weighted by molar-refractivity contribution is 7.99. The summed E-state index contributed by atoms with van der Waals surface area (Å²) in [4.78, 5) is 13.6. The molecule has 5 heteroatoms. The average Bonchev–Trinajstić information content (AvgIpc) is 2.47.